The smallest absolute Gasteiger partial charge is 0.261 e. The molecular formula is C19H25N3O2S. The minimum atomic E-state index is -0.174. The van der Waals surface area contributed by atoms with E-state index in [1.807, 2.05) is 60.8 Å². The third-order valence-corrected chi connectivity index (χ3v) is 4.67. The number of carbonyl (C=O) groups is 1. The van der Waals surface area contributed by atoms with Crippen LogP contribution in [0.2, 0.25) is 0 Å². The molecule has 1 atom stereocenters. The van der Waals surface area contributed by atoms with Crippen LogP contribution in [0.1, 0.15) is 30.3 Å². The number of hydrogen-bond donors (Lipinski definition) is 1. The van der Waals surface area contributed by atoms with E-state index in [2.05, 4.69) is 24.3 Å². The van der Waals surface area contributed by atoms with Crippen LogP contribution in [0.3, 0.4) is 0 Å². The molecule has 2 aromatic rings. The summed E-state index contributed by atoms with van der Waals surface area (Å²) in [5, 5.41) is 8.89. The summed E-state index contributed by atoms with van der Waals surface area (Å²) in [6.45, 7) is 4.07. The summed E-state index contributed by atoms with van der Waals surface area (Å²) in [5.74, 6) is 0.133. The average Bonchev–Trinajstić information content (AvgIpc) is 3.11. The first kappa shape index (κ1) is 19.0. The van der Waals surface area contributed by atoms with Crippen LogP contribution in [0.25, 0.3) is 0 Å². The van der Waals surface area contributed by atoms with Crippen LogP contribution in [0.5, 0.6) is 0 Å². The predicted octanol–water partition coefficient (Wildman–Crippen LogP) is 3.68. The van der Waals surface area contributed by atoms with Crippen molar-refractivity contribution in [2.75, 3.05) is 25.6 Å². The molecule has 0 aliphatic rings. The Morgan fingerprint density at radius 1 is 1.28 bits per heavy atom. The van der Waals surface area contributed by atoms with Crippen molar-refractivity contribution in [1.82, 2.24) is 5.32 Å². The molecule has 0 fully saturated rings. The number of thiophene rings is 1. The first-order valence-corrected chi connectivity index (χ1v) is 9.11. The Morgan fingerprint density at radius 2 is 2.00 bits per heavy atom. The second kappa shape index (κ2) is 9.22. The van der Waals surface area contributed by atoms with Crippen molar-refractivity contribution in [3.05, 3.63) is 52.2 Å². The lowest BCUT2D eigenvalue weighted by Gasteiger charge is -2.20. The molecule has 6 heteroatoms. The zero-order valence-electron chi connectivity index (χ0n) is 15.1. The minimum absolute atomic E-state index is 0.00124. The Morgan fingerprint density at radius 3 is 2.56 bits per heavy atom. The highest BCUT2D eigenvalue weighted by Crippen LogP contribution is 2.25. The van der Waals surface area contributed by atoms with Crippen molar-refractivity contribution in [2.24, 2.45) is 11.1 Å². The Hall–Kier alpha value is -2.34. The van der Waals surface area contributed by atoms with Crippen LogP contribution >= 0.6 is 11.3 Å². The first-order chi connectivity index (χ1) is 12.0. The average molecular weight is 359 g/mol. The number of nitrogens with one attached hydrogen (secondary N) is 1. The lowest BCUT2D eigenvalue weighted by Crippen LogP contribution is -2.33. The van der Waals surface area contributed by atoms with Gasteiger partial charge in [0.1, 0.15) is 0 Å². The van der Waals surface area contributed by atoms with Crippen LogP contribution in [0.4, 0.5) is 5.69 Å². The molecule has 1 amide bonds. The number of carbonyl (C=O) groups excluding carboxylic acids is 1. The third-order valence-electron chi connectivity index (χ3n) is 3.71. The molecular weight excluding hydrogens is 334 g/mol. The van der Waals surface area contributed by atoms with Gasteiger partial charge in [0.25, 0.3) is 5.91 Å². The van der Waals surface area contributed by atoms with Crippen molar-refractivity contribution in [2.45, 2.75) is 19.9 Å². The summed E-state index contributed by atoms with van der Waals surface area (Å²) in [7, 11) is 3.98. The maximum atomic E-state index is 12.1. The van der Waals surface area contributed by atoms with Gasteiger partial charge in [0.05, 0.1) is 12.3 Å². The summed E-state index contributed by atoms with van der Waals surface area (Å²) in [6, 6.07) is 11.9. The van der Waals surface area contributed by atoms with E-state index in [0.717, 1.165) is 16.1 Å². The zero-order valence-corrected chi connectivity index (χ0v) is 15.9. The standard InChI is InChI=1S/C19H25N3O2S/c1-14(2)19(17-6-5-11-25-17)21-18(23)13-24-20-12-15-7-9-16(10-8-15)22(3)4/h5-12,14,19H,13H2,1-4H3,(H,21,23)/b20-12+. The van der Waals surface area contributed by atoms with Gasteiger partial charge in [-0.3, -0.25) is 4.79 Å². The summed E-state index contributed by atoms with van der Waals surface area (Å²) < 4.78 is 0. The van der Waals surface area contributed by atoms with Crippen molar-refractivity contribution in [1.29, 1.82) is 0 Å². The molecule has 0 radical (unpaired) electrons. The predicted molar refractivity (Wildman–Crippen MR) is 104 cm³/mol. The Bertz CT molecular complexity index is 679. The fourth-order valence-electron chi connectivity index (χ4n) is 2.30. The molecule has 25 heavy (non-hydrogen) atoms. The van der Waals surface area contributed by atoms with Crippen LogP contribution in [-0.4, -0.2) is 32.8 Å². The van der Waals surface area contributed by atoms with E-state index in [4.69, 9.17) is 4.84 Å². The van der Waals surface area contributed by atoms with Crippen molar-refractivity contribution in [3.63, 3.8) is 0 Å². The molecule has 2 rings (SSSR count). The molecule has 1 unspecified atom stereocenters. The van der Waals surface area contributed by atoms with Crippen LogP contribution in [-0.2, 0) is 9.63 Å². The SMILES string of the molecule is CC(C)C(NC(=O)CO/N=C/c1ccc(N(C)C)cc1)c1cccs1. The maximum Gasteiger partial charge on any atom is 0.261 e. The summed E-state index contributed by atoms with van der Waals surface area (Å²) in [5.41, 5.74) is 2.04. The molecule has 1 aromatic carbocycles. The molecule has 1 aromatic heterocycles. The molecule has 0 saturated carbocycles. The highest BCUT2D eigenvalue weighted by molar-refractivity contribution is 7.10. The molecule has 5 nitrogen and oxygen atoms in total. The fraction of sp³-hybridized carbons (Fsp3) is 0.368. The summed E-state index contributed by atoms with van der Waals surface area (Å²) in [6.07, 6.45) is 1.60. The zero-order chi connectivity index (χ0) is 18.2. The second-order valence-electron chi connectivity index (χ2n) is 6.30. The minimum Gasteiger partial charge on any atom is -0.386 e. The summed E-state index contributed by atoms with van der Waals surface area (Å²) >= 11 is 1.64. The van der Waals surface area contributed by atoms with E-state index < -0.39 is 0 Å². The maximum absolute atomic E-state index is 12.1. The number of nitrogens with zero attached hydrogens (tertiary/aromatic N) is 2. The highest BCUT2D eigenvalue weighted by atomic mass is 32.1. The summed E-state index contributed by atoms with van der Waals surface area (Å²) in [4.78, 5) is 20.4. The van der Waals surface area contributed by atoms with Crippen molar-refractivity contribution >= 4 is 29.1 Å². The van der Waals surface area contributed by atoms with Crippen LogP contribution < -0.4 is 10.2 Å². The van der Waals surface area contributed by atoms with Gasteiger partial charge >= 0.3 is 0 Å². The van der Waals surface area contributed by atoms with Gasteiger partial charge in [0.15, 0.2) is 6.61 Å². The van der Waals surface area contributed by atoms with Crippen LogP contribution in [0.15, 0.2) is 46.9 Å². The van der Waals surface area contributed by atoms with E-state index in [1.165, 1.54) is 0 Å². The number of rotatable bonds is 8. The third kappa shape index (κ3) is 5.90. The molecule has 134 valence electrons. The lowest BCUT2D eigenvalue weighted by molar-refractivity contribution is -0.126. The topological polar surface area (TPSA) is 53.9 Å². The van der Waals surface area contributed by atoms with Gasteiger partial charge < -0.3 is 15.1 Å². The fourth-order valence-corrected chi connectivity index (χ4v) is 3.25. The number of oxime groups is 1. The Labute approximate surface area is 153 Å². The van der Waals surface area contributed by atoms with Gasteiger partial charge in [-0.25, -0.2) is 0 Å². The normalized spacial score (nSPS) is 12.4. The van der Waals surface area contributed by atoms with E-state index in [9.17, 15) is 4.79 Å². The van der Waals surface area contributed by atoms with Gasteiger partial charge in [-0.15, -0.1) is 11.3 Å². The number of anilines is 1. The second-order valence-corrected chi connectivity index (χ2v) is 7.28. The molecule has 0 spiro atoms. The number of hydrogen-bond acceptors (Lipinski definition) is 5. The highest BCUT2D eigenvalue weighted by Gasteiger charge is 2.19. The Kier molecular flexibility index (Phi) is 7.01. The van der Waals surface area contributed by atoms with Gasteiger partial charge in [-0.05, 0) is 35.1 Å². The number of benzene rings is 1. The monoisotopic (exact) mass is 359 g/mol. The van der Waals surface area contributed by atoms with E-state index in [-0.39, 0.29) is 18.6 Å². The Balaban J connectivity index is 1.81. The van der Waals surface area contributed by atoms with Crippen molar-refractivity contribution < 1.29 is 9.63 Å². The molecule has 0 bridgehead atoms. The van der Waals surface area contributed by atoms with Gasteiger partial charge in [-0.1, -0.05) is 37.2 Å². The van der Waals surface area contributed by atoms with E-state index >= 15 is 0 Å². The van der Waals surface area contributed by atoms with Gasteiger partial charge in [-0.2, -0.15) is 0 Å². The molecule has 1 heterocycles. The first-order valence-electron chi connectivity index (χ1n) is 8.23. The van der Waals surface area contributed by atoms with Crippen LogP contribution in [0, 0.1) is 5.92 Å². The molecule has 0 saturated heterocycles. The molecule has 1 N–H and O–H groups in total. The van der Waals surface area contributed by atoms with Gasteiger partial charge in [0, 0.05) is 24.7 Å². The lowest BCUT2D eigenvalue weighted by atomic mass is 10.0. The molecule has 0 aliphatic heterocycles. The molecule has 0 aliphatic carbocycles. The van der Waals surface area contributed by atoms with E-state index in [0.29, 0.717) is 5.92 Å². The van der Waals surface area contributed by atoms with Crippen molar-refractivity contribution in [3.8, 4) is 0 Å². The largest absolute Gasteiger partial charge is 0.386 e. The van der Waals surface area contributed by atoms with E-state index in [1.54, 1.807) is 17.6 Å². The number of amides is 1. The van der Waals surface area contributed by atoms with Gasteiger partial charge in [0.2, 0.25) is 0 Å². The quantitative estimate of drug-likeness (QED) is 0.578.